The van der Waals surface area contributed by atoms with Crippen molar-refractivity contribution in [1.82, 2.24) is 10.2 Å². The van der Waals surface area contributed by atoms with Crippen LogP contribution in [0.3, 0.4) is 0 Å². The second kappa shape index (κ2) is 7.32. The van der Waals surface area contributed by atoms with E-state index in [1.165, 1.54) is 16.0 Å². The van der Waals surface area contributed by atoms with E-state index >= 15 is 0 Å². The summed E-state index contributed by atoms with van der Waals surface area (Å²) in [5.41, 5.74) is 2.53. The van der Waals surface area contributed by atoms with E-state index in [1.54, 1.807) is 0 Å². The van der Waals surface area contributed by atoms with Crippen molar-refractivity contribution in [2.45, 2.75) is 51.6 Å². The largest absolute Gasteiger partial charge is 0.325 e. The fourth-order valence-corrected chi connectivity index (χ4v) is 3.29. The molecule has 0 aliphatic carbocycles. The van der Waals surface area contributed by atoms with Crippen LogP contribution >= 0.6 is 0 Å². The predicted molar refractivity (Wildman–Crippen MR) is 103 cm³/mol. The third-order valence-corrected chi connectivity index (χ3v) is 5.09. The average molecular weight is 350 g/mol. The number of urea groups is 1. The Morgan fingerprint density at radius 2 is 1.62 bits per heavy atom. The van der Waals surface area contributed by atoms with E-state index in [1.807, 2.05) is 49.4 Å². The molecule has 2 aromatic carbocycles. The Labute approximate surface area is 155 Å². The van der Waals surface area contributed by atoms with Crippen molar-refractivity contribution in [1.29, 1.82) is 0 Å². The van der Waals surface area contributed by atoms with Crippen molar-refractivity contribution in [3.63, 3.8) is 0 Å². The minimum absolute atomic E-state index is 0.147. The summed E-state index contributed by atoms with van der Waals surface area (Å²) in [5.74, 6) is 0.313. The molecule has 1 aliphatic heterocycles. The summed E-state index contributed by atoms with van der Waals surface area (Å²) in [6.45, 7) is 6.41. The Balaban J connectivity index is 1.67. The molecular weight excluding hydrogens is 324 g/mol. The highest BCUT2D eigenvalue weighted by atomic mass is 16.2. The SMILES string of the molecule is CC(C)c1ccc(CN2C(=O)N[C@@](C)(CCc3ccccc3)C2=O)cc1. The lowest BCUT2D eigenvalue weighted by Crippen LogP contribution is -2.44. The maximum Gasteiger partial charge on any atom is 0.325 e. The minimum atomic E-state index is -0.842. The van der Waals surface area contributed by atoms with Gasteiger partial charge in [0.25, 0.3) is 5.91 Å². The van der Waals surface area contributed by atoms with Gasteiger partial charge in [-0.25, -0.2) is 4.79 Å². The monoisotopic (exact) mass is 350 g/mol. The van der Waals surface area contributed by atoms with Crippen molar-refractivity contribution in [2.75, 3.05) is 0 Å². The van der Waals surface area contributed by atoms with Crippen LogP contribution in [0.25, 0.3) is 0 Å². The fraction of sp³-hybridized carbons (Fsp3) is 0.364. The van der Waals surface area contributed by atoms with Gasteiger partial charge in [-0.2, -0.15) is 0 Å². The molecule has 1 saturated heterocycles. The smallest absolute Gasteiger partial charge is 0.323 e. The molecule has 4 nitrogen and oxygen atoms in total. The molecule has 0 saturated carbocycles. The first kappa shape index (κ1) is 18.2. The molecule has 1 atom stereocenters. The summed E-state index contributed by atoms with van der Waals surface area (Å²) in [7, 11) is 0. The van der Waals surface area contributed by atoms with Crippen molar-refractivity contribution < 1.29 is 9.59 Å². The van der Waals surface area contributed by atoms with E-state index in [2.05, 4.69) is 31.3 Å². The molecular formula is C22H26N2O2. The molecule has 3 rings (SSSR count). The minimum Gasteiger partial charge on any atom is -0.323 e. The third-order valence-electron chi connectivity index (χ3n) is 5.09. The molecule has 136 valence electrons. The van der Waals surface area contributed by atoms with Gasteiger partial charge in [-0.05, 0) is 42.4 Å². The van der Waals surface area contributed by atoms with Gasteiger partial charge in [0.15, 0.2) is 0 Å². The zero-order chi connectivity index (χ0) is 18.7. The van der Waals surface area contributed by atoms with Crippen LogP contribution in [0, 0.1) is 0 Å². The molecule has 1 N–H and O–H groups in total. The van der Waals surface area contributed by atoms with Crippen LogP contribution in [-0.2, 0) is 17.8 Å². The van der Waals surface area contributed by atoms with Crippen LogP contribution in [0.4, 0.5) is 4.79 Å². The van der Waals surface area contributed by atoms with Crippen LogP contribution in [0.15, 0.2) is 54.6 Å². The van der Waals surface area contributed by atoms with E-state index in [9.17, 15) is 9.59 Å². The molecule has 1 heterocycles. The molecule has 1 fully saturated rings. The molecule has 3 amide bonds. The van der Waals surface area contributed by atoms with Crippen LogP contribution in [-0.4, -0.2) is 22.4 Å². The van der Waals surface area contributed by atoms with Gasteiger partial charge in [0.1, 0.15) is 5.54 Å². The number of aryl methyl sites for hydroxylation is 1. The van der Waals surface area contributed by atoms with Gasteiger partial charge in [0.2, 0.25) is 0 Å². The molecule has 1 aliphatic rings. The van der Waals surface area contributed by atoms with Crippen molar-refractivity contribution in [2.24, 2.45) is 0 Å². The van der Waals surface area contributed by atoms with E-state index < -0.39 is 5.54 Å². The number of rotatable bonds is 6. The number of benzene rings is 2. The normalized spacial score (nSPS) is 19.9. The Bertz CT molecular complexity index is 784. The molecule has 26 heavy (non-hydrogen) atoms. The summed E-state index contributed by atoms with van der Waals surface area (Å²) < 4.78 is 0. The van der Waals surface area contributed by atoms with E-state index in [0.29, 0.717) is 18.9 Å². The number of hydrogen-bond acceptors (Lipinski definition) is 2. The van der Waals surface area contributed by atoms with Crippen LogP contribution in [0.5, 0.6) is 0 Å². The Morgan fingerprint density at radius 1 is 0.962 bits per heavy atom. The summed E-state index contributed by atoms with van der Waals surface area (Å²) >= 11 is 0. The molecule has 4 heteroatoms. The van der Waals surface area contributed by atoms with Gasteiger partial charge < -0.3 is 5.32 Å². The summed E-state index contributed by atoms with van der Waals surface area (Å²) in [4.78, 5) is 26.6. The summed E-state index contributed by atoms with van der Waals surface area (Å²) in [6, 6.07) is 17.8. The van der Waals surface area contributed by atoms with Gasteiger partial charge in [-0.1, -0.05) is 68.4 Å². The first-order valence-corrected chi connectivity index (χ1v) is 9.16. The highest BCUT2D eigenvalue weighted by Gasteiger charge is 2.47. The zero-order valence-electron chi connectivity index (χ0n) is 15.7. The Morgan fingerprint density at radius 3 is 2.23 bits per heavy atom. The second-order valence-electron chi connectivity index (χ2n) is 7.54. The lowest BCUT2D eigenvalue weighted by atomic mass is 9.93. The lowest BCUT2D eigenvalue weighted by Gasteiger charge is -2.21. The number of carbonyl (C=O) groups is 2. The molecule has 2 aromatic rings. The van der Waals surface area contributed by atoms with Crippen molar-refractivity contribution in [3.8, 4) is 0 Å². The van der Waals surface area contributed by atoms with Crippen molar-refractivity contribution >= 4 is 11.9 Å². The molecule has 0 bridgehead atoms. The topological polar surface area (TPSA) is 49.4 Å². The van der Waals surface area contributed by atoms with E-state index in [0.717, 1.165) is 12.0 Å². The second-order valence-corrected chi connectivity index (χ2v) is 7.54. The van der Waals surface area contributed by atoms with E-state index in [4.69, 9.17) is 0 Å². The molecule has 0 unspecified atom stereocenters. The van der Waals surface area contributed by atoms with E-state index in [-0.39, 0.29) is 11.9 Å². The first-order chi connectivity index (χ1) is 12.4. The first-order valence-electron chi connectivity index (χ1n) is 9.16. The molecule has 0 spiro atoms. The Kier molecular flexibility index (Phi) is 5.12. The maximum absolute atomic E-state index is 12.9. The third kappa shape index (κ3) is 3.79. The number of nitrogens with one attached hydrogen (secondary N) is 1. The predicted octanol–water partition coefficient (Wildman–Crippen LogP) is 4.25. The fourth-order valence-electron chi connectivity index (χ4n) is 3.29. The molecule has 0 aromatic heterocycles. The molecule has 0 radical (unpaired) electrons. The highest BCUT2D eigenvalue weighted by molar-refractivity contribution is 6.06. The number of imide groups is 1. The summed E-state index contributed by atoms with van der Waals surface area (Å²) in [6.07, 6.45) is 1.34. The maximum atomic E-state index is 12.9. The Hall–Kier alpha value is -2.62. The van der Waals surface area contributed by atoms with Gasteiger partial charge >= 0.3 is 6.03 Å². The standard InChI is InChI=1S/C22H26N2O2/c1-16(2)19-11-9-18(10-12-19)15-24-20(25)22(3,23-21(24)26)14-13-17-7-5-4-6-8-17/h4-12,16H,13-15H2,1-3H3,(H,23,26)/t22-/m0/s1. The van der Waals surface area contributed by atoms with Crippen molar-refractivity contribution in [3.05, 3.63) is 71.3 Å². The number of hydrogen-bond donors (Lipinski definition) is 1. The van der Waals surface area contributed by atoms with Crippen LogP contribution in [0.2, 0.25) is 0 Å². The average Bonchev–Trinajstić information content (AvgIpc) is 2.85. The van der Waals surface area contributed by atoms with Gasteiger partial charge in [0, 0.05) is 0 Å². The number of carbonyl (C=O) groups excluding carboxylic acids is 2. The number of nitrogens with zero attached hydrogens (tertiary/aromatic N) is 1. The van der Waals surface area contributed by atoms with Gasteiger partial charge in [-0.3, -0.25) is 9.69 Å². The summed E-state index contributed by atoms with van der Waals surface area (Å²) in [5, 5.41) is 2.89. The van der Waals surface area contributed by atoms with Crippen LogP contribution in [0.1, 0.15) is 49.8 Å². The van der Waals surface area contributed by atoms with Gasteiger partial charge in [0.05, 0.1) is 6.54 Å². The zero-order valence-corrected chi connectivity index (χ0v) is 15.7. The van der Waals surface area contributed by atoms with Crippen LogP contribution < -0.4 is 5.32 Å². The quantitative estimate of drug-likeness (QED) is 0.792. The number of amides is 3. The van der Waals surface area contributed by atoms with Gasteiger partial charge in [-0.15, -0.1) is 0 Å². The lowest BCUT2D eigenvalue weighted by molar-refractivity contribution is -0.131. The highest BCUT2D eigenvalue weighted by Crippen LogP contribution is 2.25.